The summed E-state index contributed by atoms with van der Waals surface area (Å²) < 4.78 is 25.9. The van der Waals surface area contributed by atoms with E-state index in [0.717, 1.165) is 27.6 Å². The predicted molar refractivity (Wildman–Crippen MR) is 116 cm³/mol. The number of amides is 1. The van der Waals surface area contributed by atoms with E-state index >= 15 is 0 Å². The highest BCUT2D eigenvalue weighted by Gasteiger charge is 2.22. The Hall–Kier alpha value is -1.22. The van der Waals surface area contributed by atoms with Crippen LogP contribution in [0.25, 0.3) is 0 Å². The quantitative estimate of drug-likeness (QED) is 0.422. The highest BCUT2D eigenvalue weighted by atomic mass is 79.9. The number of nitrogens with zero attached hydrogens (tertiary/aromatic N) is 1. The van der Waals surface area contributed by atoms with E-state index < -0.39 is 10.0 Å². The number of nitrogens with one attached hydrogen (secondary N) is 1. The number of para-hydroxylation sites is 1. The van der Waals surface area contributed by atoms with Crippen LogP contribution in [0.4, 0.5) is 5.69 Å². The molecule has 0 unspecified atom stereocenters. The molecule has 0 fully saturated rings. The second-order valence-electron chi connectivity index (χ2n) is 5.73. The third kappa shape index (κ3) is 7.37. The van der Waals surface area contributed by atoms with Gasteiger partial charge in [0.2, 0.25) is 15.9 Å². The van der Waals surface area contributed by atoms with Gasteiger partial charge < -0.3 is 5.32 Å². The Bertz CT molecular complexity index is 876. The van der Waals surface area contributed by atoms with Crippen molar-refractivity contribution in [2.45, 2.75) is 11.3 Å². The molecule has 9 heteroatoms. The minimum absolute atomic E-state index is 0.258. The van der Waals surface area contributed by atoms with Crippen molar-refractivity contribution >= 4 is 60.9 Å². The fraction of sp³-hybridized carbons (Fsp3) is 0.278. The molecule has 27 heavy (non-hydrogen) atoms. The van der Waals surface area contributed by atoms with E-state index in [2.05, 4.69) is 21.2 Å². The SMILES string of the molecule is CS(=O)(=O)N(CC(=O)NCCCSc1ccc(Cl)cc1)c1ccccc1Br. The molecular weight excluding hydrogens is 472 g/mol. The smallest absolute Gasteiger partial charge is 0.240 e. The number of rotatable bonds is 9. The highest BCUT2D eigenvalue weighted by molar-refractivity contribution is 9.10. The van der Waals surface area contributed by atoms with Gasteiger partial charge >= 0.3 is 0 Å². The zero-order valence-corrected chi connectivity index (χ0v) is 18.7. The lowest BCUT2D eigenvalue weighted by atomic mass is 10.3. The molecule has 0 bridgehead atoms. The van der Waals surface area contributed by atoms with Crippen LogP contribution in [0.5, 0.6) is 0 Å². The molecule has 0 atom stereocenters. The zero-order valence-electron chi connectivity index (χ0n) is 14.7. The molecule has 0 saturated heterocycles. The van der Waals surface area contributed by atoms with Crippen LogP contribution in [0.3, 0.4) is 0 Å². The van der Waals surface area contributed by atoms with Crippen molar-refractivity contribution in [2.75, 3.05) is 29.4 Å². The highest BCUT2D eigenvalue weighted by Crippen LogP contribution is 2.27. The molecular formula is C18H20BrClN2O3S2. The van der Waals surface area contributed by atoms with E-state index in [1.807, 2.05) is 24.3 Å². The van der Waals surface area contributed by atoms with Gasteiger partial charge in [-0.25, -0.2) is 8.42 Å². The van der Waals surface area contributed by atoms with Crippen molar-refractivity contribution in [1.29, 1.82) is 0 Å². The Morgan fingerprint density at radius 2 is 1.85 bits per heavy atom. The number of halogens is 2. The maximum atomic E-state index is 12.2. The number of carbonyl (C=O) groups is 1. The molecule has 0 aliphatic rings. The van der Waals surface area contributed by atoms with E-state index in [1.54, 1.807) is 36.0 Å². The molecule has 0 saturated carbocycles. The lowest BCUT2D eigenvalue weighted by Gasteiger charge is -2.23. The van der Waals surface area contributed by atoms with E-state index in [-0.39, 0.29) is 12.5 Å². The number of hydrogen-bond donors (Lipinski definition) is 1. The molecule has 0 aliphatic heterocycles. The van der Waals surface area contributed by atoms with Crippen LogP contribution < -0.4 is 9.62 Å². The summed E-state index contributed by atoms with van der Waals surface area (Å²) in [5, 5.41) is 3.48. The van der Waals surface area contributed by atoms with Gasteiger partial charge in [-0.2, -0.15) is 0 Å². The fourth-order valence-corrected chi connectivity index (χ4v) is 4.71. The minimum Gasteiger partial charge on any atom is -0.354 e. The minimum atomic E-state index is -3.58. The van der Waals surface area contributed by atoms with Crippen molar-refractivity contribution in [3.8, 4) is 0 Å². The van der Waals surface area contributed by atoms with Gasteiger partial charge in [0, 0.05) is 20.9 Å². The van der Waals surface area contributed by atoms with Crippen molar-refractivity contribution in [2.24, 2.45) is 0 Å². The van der Waals surface area contributed by atoms with Gasteiger partial charge in [-0.3, -0.25) is 9.10 Å². The normalized spacial score (nSPS) is 11.2. The van der Waals surface area contributed by atoms with Gasteiger partial charge in [0.15, 0.2) is 0 Å². The van der Waals surface area contributed by atoms with E-state index in [9.17, 15) is 13.2 Å². The molecule has 0 heterocycles. The maximum Gasteiger partial charge on any atom is 0.240 e. The summed E-state index contributed by atoms with van der Waals surface area (Å²) in [5.74, 6) is 0.495. The van der Waals surface area contributed by atoms with E-state index in [0.29, 0.717) is 21.7 Å². The van der Waals surface area contributed by atoms with Crippen LogP contribution >= 0.6 is 39.3 Å². The maximum absolute atomic E-state index is 12.2. The van der Waals surface area contributed by atoms with Gasteiger partial charge in [0.1, 0.15) is 6.54 Å². The number of benzene rings is 2. The summed E-state index contributed by atoms with van der Waals surface area (Å²) in [7, 11) is -3.58. The first-order valence-corrected chi connectivity index (χ1v) is 12.1. The average Bonchev–Trinajstić information content (AvgIpc) is 2.61. The summed E-state index contributed by atoms with van der Waals surface area (Å²) in [5.41, 5.74) is 0.438. The van der Waals surface area contributed by atoms with Gasteiger partial charge in [-0.15, -0.1) is 11.8 Å². The summed E-state index contributed by atoms with van der Waals surface area (Å²) in [4.78, 5) is 13.3. The second kappa shape index (κ2) is 10.4. The third-order valence-corrected chi connectivity index (χ3v) is 6.68. The molecule has 0 aliphatic carbocycles. The Balaban J connectivity index is 1.82. The summed E-state index contributed by atoms with van der Waals surface area (Å²) >= 11 is 10.9. The lowest BCUT2D eigenvalue weighted by molar-refractivity contribution is -0.119. The van der Waals surface area contributed by atoms with Crippen molar-refractivity contribution in [3.05, 3.63) is 58.0 Å². The molecule has 2 aromatic rings. The van der Waals surface area contributed by atoms with Gasteiger partial charge in [-0.05, 0) is 64.5 Å². The van der Waals surface area contributed by atoms with Gasteiger partial charge in [0.05, 0.1) is 11.9 Å². The molecule has 1 amide bonds. The molecule has 0 aromatic heterocycles. The van der Waals surface area contributed by atoms with Crippen LogP contribution in [0.1, 0.15) is 6.42 Å². The van der Waals surface area contributed by atoms with Crippen LogP contribution in [0, 0.1) is 0 Å². The molecule has 0 spiro atoms. The van der Waals surface area contributed by atoms with Crippen molar-refractivity contribution < 1.29 is 13.2 Å². The van der Waals surface area contributed by atoms with E-state index in [1.165, 1.54) is 0 Å². The summed E-state index contributed by atoms with van der Waals surface area (Å²) in [6.07, 6.45) is 1.86. The standard InChI is InChI=1S/C18H20BrClN2O3S2/c1-27(24,25)22(17-6-3-2-5-16(17)19)13-18(23)21-11-4-12-26-15-9-7-14(20)8-10-15/h2-3,5-10H,4,11-13H2,1H3,(H,21,23). The number of hydrogen-bond acceptors (Lipinski definition) is 4. The van der Waals surface area contributed by atoms with Crippen LogP contribution in [0.2, 0.25) is 5.02 Å². The number of anilines is 1. The lowest BCUT2D eigenvalue weighted by Crippen LogP contribution is -2.40. The Labute approximate surface area is 177 Å². The molecule has 146 valence electrons. The Morgan fingerprint density at radius 3 is 2.48 bits per heavy atom. The first-order chi connectivity index (χ1) is 12.8. The number of carbonyl (C=O) groups excluding carboxylic acids is 1. The van der Waals surface area contributed by atoms with Crippen LogP contribution in [-0.4, -0.2) is 39.4 Å². The zero-order chi connectivity index (χ0) is 19.9. The largest absolute Gasteiger partial charge is 0.354 e. The molecule has 0 radical (unpaired) electrons. The van der Waals surface area contributed by atoms with Crippen LogP contribution in [0.15, 0.2) is 57.9 Å². The third-order valence-electron chi connectivity index (χ3n) is 3.53. The van der Waals surface area contributed by atoms with E-state index in [4.69, 9.17) is 11.6 Å². The van der Waals surface area contributed by atoms with Gasteiger partial charge in [0.25, 0.3) is 0 Å². The Morgan fingerprint density at radius 1 is 1.19 bits per heavy atom. The number of sulfonamides is 1. The first kappa shape index (κ1) is 22.1. The summed E-state index contributed by atoms with van der Waals surface area (Å²) in [6.45, 7) is 0.221. The van der Waals surface area contributed by atoms with Gasteiger partial charge in [-0.1, -0.05) is 23.7 Å². The molecule has 2 aromatic carbocycles. The predicted octanol–water partition coefficient (Wildman–Crippen LogP) is 4.17. The average molecular weight is 492 g/mol. The summed E-state index contributed by atoms with van der Waals surface area (Å²) in [6, 6.07) is 14.5. The molecule has 1 N–H and O–H groups in total. The van der Waals surface area contributed by atoms with Crippen LogP contribution in [-0.2, 0) is 14.8 Å². The monoisotopic (exact) mass is 490 g/mol. The first-order valence-electron chi connectivity index (χ1n) is 8.14. The molecule has 2 rings (SSSR count). The van der Waals surface area contributed by atoms with Crippen molar-refractivity contribution in [3.63, 3.8) is 0 Å². The molecule has 5 nitrogen and oxygen atoms in total. The Kier molecular flexibility index (Phi) is 8.47. The fourth-order valence-electron chi connectivity index (χ4n) is 2.24. The van der Waals surface area contributed by atoms with Crippen molar-refractivity contribution in [1.82, 2.24) is 5.32 Å². The topological polar surface area (TPSA) is 66.5 Å². The second-order valence-corrected chi connectivity index (χ2v) is 10.1. The number of thioether (sulfide) groups is 1.